The van der Waals surface area contributed by atoms with Gasteiger partial charge in [0.2, 0.25) is 0 Å². The van der Waals surface area contributed by atoms with Crippen LogP contribution in [0.15, 0.2) is 41.2 Å². The number of piperidine rings is 1. The molecule has 1 aromatic carbocycles. The average Bonchev–Trinajstić information content (AvgIpc) is 3.16. The molecule has 152 valence electrons. The van der Waals surface area contributed by atoms with Gasteiger partial charge in [0, 0.05) is 42.2 Å². The van der Waals surface area contributed by atoms with E-state index in [2.05, 4.69) is 15.5 Å². The number of benzene rings is 1. The van der Waals surface area contributed by atoms with Crippen LogP contribution in [0.5, 0.6) is 5.75 Å². The van der Waals surface area contributed by atoms with E-state index in [4.69, 9.17) is 9.26 Å². The van der Waals surface area contributed by atoms with Crippen LogP contribution in [0, 0.1) is 5.82 Å². The maximum atomic E-state index is 13.4. The van der Waals surface area contributed by atoms with Gasteiger partial charge in [-0.2, -0.15) is 0 Å². The third-order valence-electron chi connectivity index (χ3n) is 5.47. The summed E-state index contributed by atoms with van der Waals surface area (Å²) in [6.45, 7) is 3.15. The van der Waals surface area contributed by atoms with E-state index < -0.39 is 0 Å². The number of aromatic nitrogens is 2. The third kappa shape index (κ3) is 3.87. The normalized spacial score (nSPS) is 16.0. The van der Waals surface area contributed by atoms with Crippen molar-refractivity contribution in [2.75, 3.05) is 20.2 Å². The summed E-state index contributed by atoms with van der Waals surface area (Å²) in [5, 5.41) is 8.03. The number of ether oxygens (including phenoxy) is 1. The molecule has 1 fully saturated rings. The minimum Gasteiger partial charge on any atom is -0.495 e. The van der Waals surface area contributed by atoms with Crippen molar-refractivity contribution in [3.63, 3.8) is 0 Å². The van der Waals surface area contributed by atoms with Crippen LogP contribution in [-0.4, -0.2) is 41.3 Å². The highest BCUT2D eigenvalue weighted by Crippen LogP contribution is 2.33. The van der Waals surface area contributed by atoms with Gasteiger partial charge < -0.3 is 19.5 Å². The first-order valence-electron chi connectivity index (χ1n) is 9.65. The minimum atomic E-state index is -0.341. The van der Waals surface area contributed by atoms with Crippen molar-refractivity contribution in [2.24, 2.45) is 0 Å². The van der Waals surface area contributed by atoms with Crippen molar-refractivity contribution in [2.45, 2.75) is 31.7 Å². The summed E-state index contributed by atoms with van der Waals surface area (Å²) >= 11 is 0. The van der Waals surface area contributed by atoms with Crippen molar-refractivity contribution >= 4 is 17.0 Å². The van der Waals surface area contributed by atoms with E-state index in [1.807, 2.05) is 17.9 Å². The summed E-state index contributed by atoms with van der Waals surface area (Å²) in [4.78, 5) is 18.6. The van der Waals surface area contributed by atoms with Gasteiger partial charge in [0.1, 0.15) is 11.6 Å². The van der Waals surface area contributed by atoms with Crippen LogP contribution in [0.3, 0.4) is 0 Å². The fourth-order valence-corrected chi connectivity index (χ4v) is 3.85. The second-order valence-corrected chi connectivity index (χ2v) is 7.26. The van der Waals surface area contributed by atoms with Gasteiger partial charge in [-0.15, -0.1) is 0 Å². The van der Waals surface area contributed by atoms with E-state index in [9.17, 15) is 9.18 Å². The Balaban J connectivity index is 1.38. The first kappa shape index (κ1) is 19.2. The van der Waals surface area contributed by atoms with Crippen molar-refractivity contribution in [1.29, 1.82) is 0 Å². The number of carbonyl (C=O) groups excluding carboxylic acids is 1. The maximum Gasteiger partial charge on any atom is 0.317 e. The number of nitrogens with one attached hydrogen (secondary N) is 1. The molecule has 0 radical (unpaired) electrons. The molecular formula is C21H23FN4O3. The summed E-state index contributed by atoms with van der Waals surface area (Å²) in [5.41, 5.74) is 2.18. The molecule has 1 unspecified atom stereocenters. The Hall–Kier alpha value is -3.16. The molecule has 4 rings (SSSR count). The zero-order valence-corrected chi connectivity index (χ0v) is 16.4. The predicted octanol–water partition coefficient (Wildman–Crippen LogP) is 4.02. The van der Waals surface area contributed by atoms with Crippen molar-refractivity contribution in [3.8, 4) is 5.75 Å². The van der Waals surface area contributed by atoms with Crippen LogP contribution >= 0.6 is 0 Å². The molecule has 1 aliphatic rings. The van der Waals surface area contributed by atoms with E-state index in [1.165, 1.54) is 12.1 Å². The lowest BCUT2D eigenvalue weighted by Crippen LogP contribution is -2.44. The summed E-state index contributed by atoms with van der Waals surface area (Å²) in [7, 11) is 1.59. The fourth-order valence-electron chi connectivity index (χ4n) is 3.85. The number of pyridine rings is 1. The highest BCUT2D eigenvalue weighted by Gasteiger charge is 2.28. The second-order valence-electron chi connectivity index (χ2n) is 7.26. The van der Waals surface area contributed by atoms with E-state index in [0.29, 0.717) is 24.4 Å². The average molecular weight is 398 g/mol. The van der Waals surface area contributed by atoms with E-state index in [1.54, 1.807) is 25.6 Å². The monoisotopic (exact) mass is 398 g/mol. The van der Waals surface area contributed by atoms with Gasteiger partial charge in [-0.1, -0.05) is 5.16 Å². The molecular weight excluding hydrogens is 375 g/mol. The topological polar surface area (TPSA) is 80.5 Å². The summed E-state index contributed by atoms with van der Waals surface area (Å²) in [6.07, 6.45) is 4.87. The van der Waals surface area contributed by atoms with Crippen LogP contribution in [0.1, 0.15) is 43.0 Å². The van der Waals surface area contributed by atoms with Gasteiger partial charge in [0.05, 0.1) is 25.0 Å². The van der Waals surface area contributed by atoms with Crippen molar-refractivity contribution in [3.05, 3.63) is 53.7 Å². The van der Waals surface area contributed by atoms with Gasteiger partial charge in [-0.25, -0.2) is 9.18 Å². The molecule has 1 aliphatic heterocycles. The Bertz CT molecular complexity index is 1010. The molecule has 3 heterocycles. The fraction of sp³-hybridized carbons (Fsp3) is 0.381. The van der Waals surface area contributed by atoms with E-state index in [-0.39, 0.29) is 23.8 Å². The molecule has 2 aromatic heterocycles. The number of carbonyl (C=O) groups is 1. The molecule has 1 N–H and O–H groups in total. The lowest BCUT2D eigenvalue weighted by molar-refractivity contribution is 0.177. The van der Waals surface area contributed by atoms with Crippen molar-refractivity contribution in [1.82, 2.24) is 20.4 Å². The first-order valence-corrected chi connectivity index (χ1v) is 9.65. The molecule has 1 atom stereocenters. The molecule has 7 nitrogen and oxygen atoms in total. The smallest absolute Gasteiger partial charge is 0.317 e. The van der Waals surface area contributed by atoms with E-state index >= 15 is 0 Å². The zero-order chi connectivity index (χ0) is 20.4. The van der Waals surface area contributed by atoms with Gasteiger partial charge in [-0.3, -0.25) is 4.98 Å². The Morgan fingerprint density at radius 2 is 2.14 bits per heavy atom. The molecule has 0 saturated carbocycles. The maximum absolute atomic E-state index is 13.4. The highest BCUT2D eigenvalue weighted by atomic mass is 19.1. The van der Waals surface area contributed by atoms with Gasteiger partial charge in [-0.05, 0) is 38.0 Å². The van der Waals surface area contributed by atoms with Gasteiger partial charge in [0.25, 0.3) is 0 Å². The number of rotatable bonds is 4. The number of urea groups is 1. The summed E-state index contributed by atoms with van der Waals surface area (Å²) in [5.74, 6) is 0.489. The Morgan fingerprint density at radius 3 is 2.90 bits per heavy atom. The van der Waals surface area contributed by atoms with Crippen LogP contribution in [0.2, 0.25) is 0 Å². The minimum absolute atomic E-state index is 0.109. The first-order chi connectivity index (χ1) is 14.1. The highest BCUT2D eigenvalue weighted by molar-refractivity contribution is 5.80. The van der Waals surface area contributed by atoms with Gasteiger partial charge >= 0.3 is 6.03 Å². The molecule has 0 spiro atoms. The van der Waals surface area contributed by atoms with Crippen LogP contribution in [0.25, 0.3) is 11.0 Å². The lowest BCUT2D eigenvalue weighted by atomic mass is 9.92. The van der Waals surface area contributed by atoms with Crippen LogP contribution in [0.4, 0.5) is 9.18 Å². The SMILES string of the molecule is COc1cnccc1C(C)NC(=O)N1CCC(c2noc3cc(F)ccc23)CC1. The second kappa shape index (κ2) is 8.06. The summed E-state index contributed by atoms with van der Waals surface area (Å²) < 4.78 is 24.0. The molecule has 8 heteroatoms. The predicted molar refractivity (Wildman–Crippen MR) is 105 cm³/mol. The molecule has 0 aliphatic carbocycles. The quantitative estimate of drug-likeness (QED) is 0.718. The largest absolute Gasteiger partial charge is 0.495 e. The molecule has 0 bridgehead atoms. The van der Waals surface area contributed by atoms with Crippen molar-refractivity contribution < 1.29 is 18.4 Å². The zero-order valence-electron chi connectivity index (χ0n) is 16.4. The number of nitrogens with zero attached hydrogens (tertiary/aromatic N) is 3. The molecule has 1 saturated heterocycles. The molecule has 3 aromatic rings. The third-order valence-corrected chi connectivity index (χ3v) is 5.47. The number of hydrogen-bond donors (Lipinski definition) is 1. The number of methoxy groups -OCH3 is 1. The van der Waals surface area contributed by atoms with Crippen LogP contribution < -0.4 is 10.1 Å². The van der Waals surface area contributed by atoms with Gasteiger partial charge in [0.15, 0.2) is 5.58 Å². The van der Waals surface area contributed by atoms with Crippen LogP contribution in [-0.2, 0) is 0 Å². The lowest BCUT2D eigenvalue weighted by Gasteiger charge is -2.32. The number of hydrogen-bond acceptors (Lipinski definition) is 5. The summed E-state index contributed by atoms with van der Waals surface area (Å²) in [6, 6.07) is 6.01. The Labute approximate surface area is 167 Å². The Morgan fingerprint density at radius 1 is 1.34 bits per heavy atom. The molecule has 29 heavy (non-hydrogen) atoms. The van der Waals surface area contributed by atoms with E-state index in [0.717, 1.165) is 29.5 Å². The number of fused-ring (bicyclic) bond motifs is 1. The number of amides is 2. The number of halogens is 1. The Kier molecular flexibility index (Phi) is 5.33. The molecule has 2 amide bonds. The standard InChI is InChI=1S/C21H23FN4O3/c1-13(16-5-8-23-12-19(16)28-2)24-21(27)26-9-6-14(7-10-26)20-17-4-3-15(22)11-18(17)29-25-20/h3-5,8,11-14H,6-7,9-10H2,1-2H3,(H,24,27). The number of likely N-dealkylation sites (tertiary alicyclic amines) is 1.